The molecular weight excluding hydrogens is 298 g/mol. The van der Waals surface area contributed by atoms with Gasteiger partial charge in [0.15, 0.2) is 0 Å². The molecule has 1 aliphatic heterocycles. The first-order chi connectivity index (χ1) is 9.33. The van der Waals surface area contributed by atoms with Crippen LogP contribution in [0.3, 0.4) is 0 Å². The van der Waals surface area contributed by atoms with Crippen LogP contribution in [0, 0.1) is 0 Å². The van der Waals surface area contributed by atoms with Gasteiger partial charge in [-0.2, -0.15) is 0 Å². The van der Waals surface area contributed by atoms with Gasteiger partial charge >= 0.3 is 0 Å². The lowest BCUT2D eigenvalue weighted by Gasteiger charge is -2.27. The third kappa shape index (κ3) is 3.01. The lowest BCUT2D eigenvalue weighted by molar-refractivity contribution is 0.663. The Bertz CT molecular complexity index is 538. The summed E-state index contributed by atoms with van der Waals surface area (Å²) < 4.78 is 1.18. The van der Waals surface area contributed by atoms with Crippen LogP contribution in [0.5, 0.6) is 0 Å². The van der Waals surface area contributed by atoms with Crippen LogP contribution < -0.4 is 4.90 Å². The topological polar surface area (TPSA) is 3.24 Å². The van der Waals surface area contributed by atoms with E-state index in [4.69, 9.17) is 0 Å². The zero-order chi connectivity index (χ0) is 13.1. The average Bonchev–Trinajstić information content (AvgIpc) is 2.88. The van der Waals surface area contributed by atoms with Crippen LogP contribution in [0.25, 0.3) is 0 Å². The maximum Gasteiger partial charge on any atom is 0.0368 e. The Morgan fingerprint density at radius 3 is 2.68 bits per heavy atom. The first-order valence-electron chi connectivity index (χ1n) is 6.89. The summed E-state index contributed by atoms with van der Waals surface area (Å²) in [4.78, 5) is 2.56. The van der Waals surface area contributed by atoms with Gasteiger partial charge < -0.3 is 4.90 Å². The minimum absolute atomic E-state index is 0.636. The minimum atomic E-state index is 0.636. The molecule has 1 fully saturated rings. The van der Waals surface area contributed by atoms with Gasteiger partial charge in [-0.25, -0.2) is 0 Å². The van der Waals surface area contributed by atoms with E-state index in [1.807, 2.05) is 0 Å². The van der Waals surface area contributed by atoms with E-state index in [2.05, 4.69) is 75.4 Å². The van der Waals surface area contributed by atoms with E-state index in [-0.39, 0.29) is 0 Å². The number of hydrogen-bond acceptors (Lipinski definition) is 1. The largest absolute Gasteiger partial charge is 0.368 e. The van der Waals surface area contributed by atoms with Crippen molar-refractivity contribution in [1.82, 2.24) is 0 Å². The molecule has 3 rings (SSSR count). The third-order valence-corrected chi connectivity index (χ3v) is 4.32. The van der Waals surface area contributed by atoms with Gasteiger partial charge in [-0.1, -0.05) is 46.3 Å². The Labute approximate surface area is 123 Å². The standard InChI is InChI=1S/C17H18BrN/c18-15-7-4-6-14(12-15)13-17-10-5-11-19(17)16-8-2-1-3-9-16/h1-4,6-9,12,17H,5,10-11,13H2/t17-/m1/s1. The molecule has 2 heteroatoms. The molecule has 98 valence electrons. The Hall–Kier alpha value is -1.28. The monoisotopic (exact) mass is 315 g/mol. The molecule has 0 radical (unpaired) electrons. The number of benzene rings is 2. The van der Waals surface area contributed by atoms with E-state index >= 15 is 0 Å². The zero-order valence-electron chi connectivity index (χ0n) is 10.9. The van der Waals surface area contributed by atoms with Crippen molar-refractivity contribution in [1.29, 1.82) is 0 Å². The second kappa shape index (κ2) is 5.79. The van der Waals surface area contributed by atoms with Crippen LogP contribution >= 0.6 is 15.9 Å². The molecule has 0 aliphatic carbocycles. The number of halogens is 1. The molecule has 1 nitrogen and oxygen atoms in total. The Morgan fingerprint density at radius 1 is 1.05 bits per heavy atom. The van der Waals surface area contributed by atoms with Gasteiger partial charge in [-0.3, -0.25) is 0 Å². The summed E-state index contributed by atoms with van der Waals surface area (Å²) in [5.41, 5.74) is 2.78. The van der Waals surface area contributed by atoms with E-state index < -0.39 is 0 Å². The fraction of sp³-hybridized carbons (Fsp3) is 0.294. The molecule has 0 N–H and O–H groups in total. The molecule has 1 aliphatic rings. The third-order valence-electron chi connectivity index (χ3n) is 3.83. The molecule has 0 spiro atoms. The summed E-state index contributed by atoms with van der Waals surface area (Å²) in [6, 6.07) is 20.1. The average molecular weight is 316 g/mol. The summed E-state index contributed by atoms with van der Waals surface area (Å²) >= 11 is 3.56. The van der Waals surface area contributed by atoms with Crippen molar-refractivity contribution in [3.8, 4) is 0 Å². The highest BCUT2D eigenvalue weighted by Gasteiger charge is 2.24. The molecule has 0 bridgehead atoms. The fourth-order valence-electron chi connectivity index (χ4n) is 2.94. The quantitative estimate of drug-likeness (QED) is 0.796. The van der Waals surface area contributed by atoms with Crippen LogP contribution in [0.1, 0.15) is 18.4 Å². The van der Waals surface area contributed by atoms with Crippen LogP contribution in [-0.2, 0) is 6.42 Å². The first-order valence-corrected chi connectivity index (χ1v) is 7.68. The van der Waals surface area contributed by atoms with Crippen molar-refractivity contribution in [3.63, 3.8) is 0 Å². The van der Waals surface area contributed by atoms with E-state index in [9.17, 15) is 0 Å². The number of hydrogen-bond donors (Lipinski definition) is 0. The maximum atomic E-state index is 3.56. The molecule has 0 unspecified atom stereocenters. The highest BCUT2D eigenvalue weighted by molar-refractivity contribution is 9.10. The van der Waals surface area contributed by atoms with Crippen molar-refractivity contribution in [2.24, 2.45) is 0 Å². The summed E-state index contributed by atoms with van der Waals surface area (Å²) in [6.07, 6.45) is 3.73. The van der Waals surface area contributed by atoms with Crippen molar-refractivity contribution < 1.29 is 0 Å². The van der Waals surface area contributed by atoms with E-state index in [0.29, 0.717) is 6.04 Å². The van der Waals surface area contributed by atoms with Crippen LogP contribution in [-0.4, -0.2) is 12.6 Å². The SMILES string of the molecule is Brc1cccc(C[C@H]2CCCN2c2ccccc2)c1. The Morgan fingerprint density at radius 2 is 1.89 bits per heavy atom. The van der Waals surface area contributed by atoms with Gasteiger partial charge in [-0.15, -0.1) is 0 Å². The predicted octanol–water partition coefficient (Wildman–Crippen LogP) is 4.66. The molecule has 19 heavy (non-hydrogen) atoms. The van der Waals surface area contributed by atoms with Crippen LogP contribution in [0.15, 0.2) is 59.1 Å². The second-order valence-electron chi connectivity index (χ2n) is 5.16. The molecule has 0 aromatic heterocycles. The summed E-state index contributed by atoms with van der Waals surface area (Å²) in [5.74, 6) is 0. The molecule has 1 atom stereocenters. The highest BCUT2D eigenvalue weighted by Crippen LogP contribution is 2.27. The molecular formula is C17H18BrN. The van der Waals surface area contributed by atoms with Crippen molar-refractivity contribution in [3.05, 3.63) is 64.6 Å². The van der Waals surface area contributed by atoms with E-state index in [1.165, 1.54) is 35.1 Å². The summed E-state index contributed by atoms with van der Waals surface area (Å²) in [5, 5.41) is 0. The smallest absolute Gasteiger partial charge is 0.0368 e. The van der Waals surface area contributed by atoms with E-state index in [1.54, 1.807) is 0 Å². The predicted molar refractivity (Wildman–Crippen MR) is 84.7 cm³/mol. The maximum absolute atomic E-state index is 3.56. The number of para-hydroxylation sites is 1. The molecule has 0 amide bonds. The minimum Gasteiger partial charge on any atom is -0.368 e. The summed E-state index contributed by atoms with van der Waals surface area (Å²) in [6.45, 7) is 1.18. The van der Waals surface area contributed by atoms with E-state index in [0.717, 1.165) is 6.42 Å². The summed E-state index contributed by atoms with van der Waals surface area (Å²) in [7, 11) is 0. The lowest BCUT2D eigenvalue weighted by atomic mass is 10.0. The highest BCUT2D eigenvalue weighted by atomic mass is 79.9. The molecule has 0 saturated carbocycles. The molecule has 2 aromatic rings. The normalized spacial score (nSPS) is 18.8. The van der Waals surface area contributed by atoms with Crippen LogP contribution in [0.2, 0.25) is 0 Å². The fourth-order valence-corrected chi connectivity index (χ4v) is 3.39. The van der Waals surface area contributed by atoms with Crippen molar-refractivity contribution >= 4 is 21.6 Å². The van der Waals surface area contributed by atoms with Gasteiger partial charge in [-0.05, 0) is 49.1 Å². The molecule has 2 aromatic carbocycles. The zero-order valence-corrected chi connectivity index (χ0v) is 12.5. The van der Waals surface area contributed by atoms with Crippen molar-refractivity contribution in [2.75, 3.05) is 11.4 Å². The molecule has 1 heterocycles. The number of anilines is 1. The second-order valence-corrected chi connectivity index (χ2v) is 6.07. The van der Waals surface area contributed by atoms with Gasteiger partial charge in [0.05, 0.1) is 0 Å². The number of rotatable bonds is 3. The van der Waals surface area contributed by atoms with Gasteiger partial charge in [0, 0.05) is 22.7 Å². The lowest BCUT2D eigenvalue weighted by Crippen LogP contribution is -2.30. The number of nitrogens with zero attached hydrogens (tertiary/aromatic N) is 1. The van der Waals surface area contributed by atoms with Gasteiger partial charge in [0.25, 0.3) is 0 Å². The van der Waals surface area contributed by atoms with Gasteiger partial charge in [0.2, 0.25) is 0 Å². The Kier molecular flexibility index (Phi) is 3.88. The Balaban J connectivity index is 1.77. The van der Waals surface area contributed by atoms with Crippen molar-refractivity contribution in [2.45, 2.75) is 25.3 Å². The first kappa shape index (κ1) is 12.7. The molecule has 1 saturated heterocycles. The van der Waals surface area contributed by atoms with Gasteiger partial charge in [0.1, 0.15) is 0 Å². The van der Waals surface area contributed by atoms with Crippen LogP contribution in [0.4, 0.5) is 5.69 Å².